The molecule has 0 radical (unpaired) electrons. The second-order valence-electron chi connectivity index (χ2n) is 5.21. The molecule has 0 N–H and O–H groups in total. The Balaban J connectivity index is 2.31. The van der Waals surface area contributed by atoms with Crippen LogP contribution in [0.2, 0.25) is 0 Å². The van der Waals surface area contributed by atoms with Crippen LogP contribution in [0.5, 0.6) is 0 Å². The molecule has 1 aliphatic rings. The van der Waals surface area contributed by atoms with Crippen molar-refractivity contribution >= 4 is 22.9 Å². The molecule has 0 saturated carbocycles. The van der Waals surface area contributed by atoms with E-state index >= 15 is 0 Å². The molecule has 0 amide bonds. The summed E-state index contributed by atoms with van der Waals surface area (Å²) in [5.41, 5.74) is 5.94. The molecule has 0 heterocycles. The number of benzene rings is 2. The molecule has 0 aliphatic heterocycles. The maximum atomic E-state index is 2.45. The molecule has 0 fully saturated rings. The van der Waals surface area contributed by atoms with Crippen LogP contribution in [0.1, 0.15) is 48.9 Å². The van der Waals surface area contributed by atoms with Gasteiger partial charge in [-0.1, -0.05) is 63.1 Å². The molecule has 3 rings (SSSR count). The third kappa shape index (κ3) is 1.68. The second-order valence-corrected chi connectivity index (χ2v) is 5.21. The van der Waals surface area contributed by atoms with Gasteiger partial charge in [0.1, 0.15) is 0 Å². The van der Waals surface area contributed by atoms with E-state index in [-0.39, 0.29) is 0 Å². The van der Waals surface area contributed by atoms with Gasteiger partial charge in [0, 0.05) is 0 Å². The molecule has 1 aliphatic carbocycles. The van der Waals surface area contributed by atoms with E-state index in [0.29, 0.717) is 0 Å². The van der Waals surface area contributed by atoms with Gasteiger partial charge in [-0.25, -0.2) is 0 Å². The van der Waals surface area contributed by atoms with Crippen molar-refractivity contribution in [2.24, 2.45) is 0 Å². The predicted molar refractivity (Wildman–Crippen MR) is 80.9 cm³/mol. The lowest BCUT2D eigenvalue weighted by molar-refractivity contribution is 0.901. The van der Waals surface area contributed by atoms with Gasteiger partial charge in [0.25, 0.3) is 0 Å². The van der Waals surface area contributed by atoms with Gasteiger partial charge in [-0.05, 0) is 45.9 Å². The Kier molecular flexibility index (Phi) is 2.95. The summed E-state index contributed by atoms with van der Waals surface area (Å²) in [5, 5.41) is 2.96. The molecule has 0 aromatic heterocycles. The van der Waals surface area contributed by atoms with E-state index < -0.39 is 0 Å². The number of hydrogen-bond acceptors (Lipinski definition) is 0. The second kappa shape index (κ2) is 4.61. The SMILES string of the molecule is CCCc1cc(CCC)c2cccc3c2c1C=C3. The van der Waals surface area contributed by atoms with Gasteiger partial charge < -0.3 is 0 Å². The Hall–Kier alpha value is -1.56. The molecular weight excluding hydrogens is 216 g/mol. The smallest absolute Gasteiger partial charge is 0.00333 e. The van der Waals surface area contributed by atoms with E-state index in [1.54, 1.807) is 0 Å². The van der Waals surface area contributed by atoms with Crippen molar-refractivity contribution in [2.75, 3.05) is 0 Å². The Morgan fingerprint density at radius 2 is 1.67 bits per heavy atom. The Bertz CT molecular complexity index is 617. The van der Waals surface area contributed by atoms with Crippen LogP contribution in [-0.2, 0) is 12.8 Å². The normalized spacial score (nSPS) is 12.6. The topological polar surface area (TPSA) is 0 Å². The molecule has 2 aromatic carbocycles. The molecule has 0 atom stereocenters. The highest BCUT2D eigenvalue weighted by atomic mass is 14.2. The molecule has 0 nitrogen and oxygen atoms in total. The lowest BCUT2D eigenvalue weighted by Crippen LogP contribution is -1.95. The van der Waals surface area contributed by atoms with Gasteiger partial charge in [-0.2, -0.15) is 0 Å². The number of rotatable bonds is 4. The molecular formula is C18H20. The predicted octanol–water partition coefficient (Wildman–Crippen LogP) is 5.23. The average molecular weight is 236 g/mol. The maximum absolute atomic E-state index is 2.45. The van der Waals surface area contributed by atoms with E-state index in [9.17, 15) is 0 Å². The van der Waals surface area contributed by atoms with Gasteiger partial charge in [-0.15, -0.1) is 0 Å². The maximum Gasteiger partial charge on any atom is -0.00333 e. The first kappa shape index (κ1) is 11.5. The molecule has 0 bridgehead atoms. The van der Waals surface area contributed by atoms with Gasteiger partial charge in [0.2, 0.25) is 0 Å². The zero-order valence-electron chi connectivity index (χ0n) is 11.3. The van der Waals surface area contributed by atoms with Gasteiger partial charge in [0.05, 0.1) is 0 Å². The summed E-state index contributed by atoms with van der Waals surface area (Å²) in [4.78, 5) is 0. The minimum absolute atomic E-state index is 1.19. The fraction of sp³-hybridized carbons (Fsp3) is 0.333. The molecule has 0 spiro atoms. The monoisotopic (exact) mass is 236 g/mol. The Morgan fingerprint density at radius 3 is 2.44 bits per heavy atom. The summed E-state index contributed by atoms with van der Waals surface area (Å²) in [6.07, 6.45) is 9.40. The summed E-state index contributed by atoms with van der Waals surface area (Å²) in [5.74, 6) is 0. The van der Waals surface area contributed by atoms with Crippen LogP contribution in [-0.4, -0.2) is 0 Å². The van der Waals surface area contributed by atoms with Crippen LogP contribution in [0, 0.1) is 0 Å². The van der Waals surface area contributed by atoms with Gasteiger partial charge in [0.15, 0.2) is 0 Å². The van der Waals surface area contributed by atoms with Crippen molar-refractivity contribution < 1.29 is 0 Å². The standard InChI is InChI=1S/C18H20/c1-3-6-14-12-15(7-4-2)17-11-10-13-8-5-9-16(14)18(13)17/h5,8-12H,3-4,6-7H2,1-2H3. The van der Waals surface area contributed by atoms with E-state index in [4.69, 9.17) is 0 Å². The summed E-state index contributed by atoms with van der Waals surface area (Å²) < 4.78 is 0. The van der Waals surface area contributed by atoms with Gasteiger partial charge >= 0.3 is 0 Å². The van der Waals surface area contributed by atoms with E-state index in [1.165, 1.54) is 58.7 Å². The van der Waals surface area contributed by atoms with Crippen LogP contribution in [0.25, 0.3) is 22.9 Å². The van der Waals surface area contributed by atoms with Gasteiger partial charge in [-0.3, -0.25) is 0 Å². The fourth-order valence-corrected chi connectivity index (χ4v) is 3.12. The van der Waals surface area contributed by atoms with Crippen LogP contribution < -0.4 is 0 Å². The highest BCUT2D eigenvalue weighted by Crippen LogP contribution is 2.36. The first-order valence-electron chi connectivity index (χ1n) is 7.10. The fourth-order valence-electron chi connectivity index (χ4n) is 3.12. The summed E-state index contributed by atoms with van der Waals surface area (Å²) in [7, 11) is 0. The van der Waals surface area contributed by atoms with E-state index in [1.807, 2.05) is 0 Å². The van der Waals surface area contributed by atoms with Crippen molar-refractivity contribution in [2.45, 2.75) is 39.5 Å². The lowest BCUT2D eigenvalue weighted by Gasteiger charge is -2.13. The van der Waals surface area contributed by atoms with Crippen molar-refractivity contribution in [3.8, 4) is 0 Å². The summed E-state index contributed by atoms with van der Waals surface area (Å²) in [6, 6.07) is 9.16. The summed E-state index contributed by atoms with van der Waals surface area (Å²) >= 11 is 0. The zero-order chi connectivity index (χ0) is 12.5. The van der Waals surface area contributed by atoms with Crippen LogP contribution in [0.3, 0.4) is 0 Å². The number of aryl methyl sites for hydroxylation is 2. The van der Waals surface area contributed by atoms with Crippen molar-refractivity contribution in [1.82, 2.24) is 0 Å². The minimum atomic E-state index is 1.19. The highest BCUT2D eigenvalue weighted by molar-refractivity contribution is 6.06. The van der Waals surface area contributed by atoms with Crippen molar-refractivity contribution in [3.05, 3.63) is 46.5 Å². The Morgan fingerprint density at radius 1 is 0.889 bits per heavy atom. The van der Waals surface area contributed by atoms with E-state index in [2.05, 4.69) is 50.3 Å². The largest absolute Gasteiger partial charge is 0.0651 e. The highest BCUT2D eigenvalue weighted by Gasteiger charge is 2.15. The molecule has 92 valence electrons. The first-order chi connectivity index (χ1) is 8.85. The third-order valence-corrected chi connectivity index (χ3v) is 3.87. The third-order valence-electron chi connectivity index (χ3n) is 3.87. The van der Waals surface area contributed by atoms with Crippen LogP contribution in [0.4, 0.5) is 0 Å². The molecule has 2 aromatic rings. The number of hydrogen-bond donors (Lipinski definition) is 0. The van der Waals surface area contributed by atoms with Crippen molar-refractivity contribution in [3.63, 3.8) is 0 Å². The zero-order valence-corrected chi connectivity index (χ0v) is 11.3. The Labute approximate surface area is 109 Å². The molecule has 0 unspecified atom stereocenters. The first-order valence-corrected chi connectivity index (χ1v) is 7.10. The quantitative estimate of drug-likeness (QED) is 0.582. The van der Waals surface area contributed by atoms with Crippen molar-refractivity contribution in [1.29, 1.82) is 0 Å². The average Bonchev–Trinajstić information content (AvgIpc) is 2.81. The minimum Gasteiger partial charge on any atom is -0.0651 e. The molecule has 0 heteroatoms. The molecule has 18 heavy (non-hydrogen) atoms. The van der Waals surface area contributed by atoms with E-state index in [0.717, 1.165) is 0 Å². The summed E-state index contributed by atoms with van der Waals surface area (Å²) in [6.45, 7) is 4.53. The lowest BCUT2D eigenvalue weighted by atomic mass is 9.91. The van der Waals surface area contributed by atoms with Crippen LogP contribution in [0.15, 0.2) is 24.3 Å². The molecule has 0 saturated heterocycles. The van der Waals surface area contributed by atoms with Crippen LogP contribution >= 0.6 is 0 Å².